The summed E-state index contributed by atoms with van der Waals surface area (Å²) in [6.45, 7) is 1.85. The van der Waals surface area contributed by atoms with Crippen LogP contribution in [0.25, 0.3) is 0 Å². The topological polar surface area (TPSA) is 87.7 Å². The smallest absolute Gasteiger partial charge is 0.244 e. The number of nitrogens with one attached hydrogen (secondary N) is 1. The maximum absolute atomic E-state index is 9.42. The number of rotatable bonds is 1. The fourth-order valence-corrected chi connectivity index (χ4v) is 2.96. The number of nitriles is 1. The second-order valence-corrected chi connectivity index (χ2v) is 5.50. The van der Waals surface area contributed by atoms with Crippen LogP contribution in [0, 0.1) is 18.3 Å². The molecule has 0 radical (unpaired) electrons. The molecule has 0 saturated carbocycles. The summed E-state index contributed by atoms with van der Waals surface area (Å²) in [7, 11) is 0. The van der Waals surface area contributed by atoms with Crippen molar-refractivity contribution in [1.29, 1.82) is 5.26 Å². The number of aryl methyl sites for hydroxylation is 1. The highest BCUT2D eigenvalue weighted by Gasteiger charge is 2.35. The van der Waals surface area contributed by atoms with E-state index in [9.17, 15) is 5.26 Å². The molecule has 1 aromatic heterocycles. The number of halogens is 2. The first-order valence-corrected chi connectivity index (χ1v) is 6.86. The minimum absolute atomic E-state index is 0.0347. The van der Waals surface area contributed by atoms with Crippen LogP contribution in [-0.2, 0) is 0 Å². The van der Waals surface area contributed by atoms with Gasteiger partial charge >= 0.3 is 0 Å². The second-order valence-electron chi connectivity index (χ2n) is 4.66. The lowest BCUT2D eigenvalue weighted by Crippen LogP contribution is -2.21. The molecule has 0 fully saturated rings. The highest BCUT2D eigenvalue weighted by Crippen LogP contribution is 2.44. The van der Waals surface area contributed by atoms with Crippen LogP contribution in [0.4, 0.5) is 0 Å². The zero-order valence-electron chi connectivity index (χ0n) is 10.9. The van der Waals surface area contributed by atoms with Crippen molar-refractivity contribution in [3.05, 3.63) is 56.5 Å². The SMILES string of the molecule is Cc1[nH]nc2c1C(c1ccc(Cl)cc1Cl)C(C#N)=C(N)O2. The van der Waals surface area contributed by atoms with Gasteiger partial charge in [0.15, 0.2) is 0 Å². The van der Waals surface area contributed by atoms with E-state index in [0.29, 0.717) is 21.5 Å². The molecule has 1 aliphatic heterocycles. The van der Waals surface area contributed by atoms with Gasteiger partial charge in [-0.15, -0.1) is 5.10 Å². The van der Waals surface area contributed by atoms with Crippen molar-refractivity contribution in [2.75, 3.05) is 0 Å². The Kier molecular flexibility index (Phi) is 3.28. The van der Waals surface area contributed by atoms with Crippen LogP contribution in [0.5, 0.6) is 5.88 Å². The van der Waals surface area contributed by atoms with Gasteiger partial charge in [-0.2, -0.15) is 5.26 Å². The average Bonchev–Trinajstić information content (AvgIpc) is 2.79. The van der Waals surface area contributed by atoms with Crippen LogP contribution in [0.2, 0.25) is 10.0 Å². The number of aromatic amines is 1. The van der Waals surface area contributed by atoms with Crippen LogP contribution >= 0.6 is 23.2 Å². The first-order chi connectivity index (χ1) is 10.0. The van der Waals surface area contributed by atoms with Gasteiger partial charge in [-0.1, -0.05) is 29.3 Å². The van der Waals surface area contributed by atoms with Crippen LogP contribution in [0.1, 0.15) is 22.7 Å². The van der Waals surface area contributed by atoms with Crippen LogP contribution in [0.15, 0.2) is 29.7 Å². The van der Waals surface area contributed by atoms with Crippen LogP contribution in [-0.4, -0.2) is 10.2 Å². The van der Waals surface area contributed by atoms with Gasteiger partial charge in [0.2, 0.25) is 11.8 Å². The first-order valence-electron chi connectivity index (χ1n) is 6.10. The fourth-order valence-electron chi connectivity index (χ4n) is 2.45. The lowest BCUT2D eigenvalue weighted by atomic mass is 9.84. The Bertz CT molecular complexity index is 804. The fraction of sp³-hybridized carbons (Fsp3) is 0.143. The van der Waals surface area contributed by atoms with Crippen molar-refractivity contribution in [2.24, 2.45) is 5.73 Å². The summed E-state index contributed by atoms with van der Waals surface area (Å²) in [6.07, 6.45) is 0. The maximum atomic E-state index is 9.42. The highest BCUT2D eigenvalue weighted by molar-refractivity contribution is 6.35. The molecule has 0 aliphatic carbocycles. The van der Waals surface area contributed by atoms with Crippen molar-refractivity contribution in [1.82, 2.24) is 10.2 Å². The van der Waals surface area contributed by atoms with E-state index in [1.165, 1.54) is 0 Å². The van der Waals surface area contributed by atoms with E-state index in [0.717, 1.165) is 16.8 Å². The van der Waals surface area contributed by atoms with Gasteiger partial charge < -0.3 is 10.5 Å². The zero-order chi connectivity index (χ0) is 15.1. The number of ether oxygens (including phenoxy) is 1. The van der Waals surface area contributed by atoms with Gasteiger partial charge in [-0.05, 0) is 24.6 Å². The number of H-pyrrole nitrogens is 1. The number of hydrogen-bond donors (Lipinski definition) is 2. The number of fused-ring (bicyclic) bond motifs is 1. The minimum atomic E-state index is -0.428. The van der Waals surface area contributed by atoms with E-state index in [2.05, 4.69) is 16.3 Å². The molecule has 2 heterocycles. The minimum Gasteiger partial charge on any atom is -0.420 e. The molecule has 1 unspecified atom stereocenters. The predicted molar refractivity (Wildman–Crippen MR) is 79.1 cm³/mol. The third-order valence-electron chi connectivity index (χ3n) is 3.40. The van der Waals surface area contributed by atoms with Crippen molar-refractivity contribution < 1.29 is 4.74 Å². The van der Waals surface area contributed by atoms with Crippen molar-refractivity contribution in [3.8, 4) is 11.9 Å². The predicted octanol–water partition coefficient (Wildman–Crippen LogP) is 3.24. The van der Waals surface area contributed by atoms with Crippen molar-refractivity contribution in [2.45, 2.75) is 12.8 Å². The molecule has 0 saturated heterocycles. The Labute approximate surface area is 130 Å². The third kappa shape index (κ3) is 2.13. The third-order valence-corrected chi connectivity index (χ3v) is 3.97. The maximum Gasteiger partial charge on any atom is 0.244 e. The van der Waals surface area contributed by atoms with Crippen LogP contribution < -0.4 is 10.5 Å². The summed E-state index contributed by atoms with van der Waals surface area (Å²) in [6, 6.07) is 7.23. The Balaban J connectivity index is 2.27. The van der Waals surface area contributed by atoms with Gasteiger partial charge in [-0.25, -0.2) is 0 Å². The number of nitrogens with two attached hydrogens (primary N) is 1. The Hall–Kier alpha value is -2.16. The van der Waals surface area contributed by atoms with E-state index in [4.69, 9.17) is 33.7 Å². The van der Waals surface area contributed by atoms with Gasteiger partial charge in [0, 0.05) is 21.3 Å². The molecule has 3 N–H and O–H groups in total. The molecule has 1 aliphatic rings. The molecule has 2 aromatic rings. The van der Waals surface area contributed by atoms with E-state index in [1.807, 2.05) is 6.92 Å². The summed E-state index contributed by atoms with van der Waals surface area (Å²) >= 11 is 12.2. The number of allylic oxidation sites excluding steroid dienone is 1. The molecule has 5 nitrogen and oxygen atoms in total. The molecule has 106 valence electrons. The quantitative estimate of drug-likeness (QED) is 0.844. The number of benzene rings is 1. The largest absolute Gasteiger partial charge is 0.420 e. The summed E-state index contributed by atoms with van der Waals surface area (Å²) in [5.74, 6) is -0.0326. The van der Waals surface area contributed by atoms with Crippen LogP contribution in [0.3, 0.4) is 0 Å². The van der Waals surface area contributed by atoms with Gasteiger partial charge in [0.25, 0.3) is 0 Å². The molecule has 0 spiro atoms. The monoisotopic (exact) mass is 320 g/mol. The molecular weight excluding hydrogens is 311 g/mol. The lowest BCUT2D eigenvalue weighted by molar-refractivity contribution is 0.379. The molecule has 0 bridgehead atoms. The molecule has 0 amide bonds. The average molecular weight is 321 g/mol. The number of aromatic nitrogens is 2. The molecule has 1 aromatic carbocycles. The Morgan fingerprint density at radius 1 is 1.43 bits per heavy atom. The first kappa shape index (κ1) is 13.8. The molecule has 3 rings (SSSR count). The van der Waals surface area contributed by atoms with E-state index < -0.39 is 5.92 Å². The van der Waals surface area contributed by atoms with Crippen molar-refractivity contribution >= 4 is 23.2 Å². The summed E-state index contributed by atoms with van der Waals surface area (Å²) in [5.41, 5.74) is 8.41. The summed E-state index contributed by atoms with van der Waals surface area (Å²) in [4.78, 5) is 0. The Morgan fingerprint density at radius 3 is 2.86 bits per heavy atom. The van der Waals surface area contributed by atoms with Gasteiger partial charge in [0.05, 0.1) is 5.92 Å². The summed E-state index contributed by atoms with van der Waals surface area (Å²) < 4.78 is 5.39. The van der Waals surface area contributed by atoms with E-state index in [-0.39, 0.29) is 5.88 Å². The number of hydrogen-bond acceptors (Lipinski definition) is 4. The van der Waals surface area contributed by atoms with Gasteiger partial charge in [-0.3, -0.25) is 5.10 Å². The highest BCUT2D eigenvalue weighted by atomic mass is 35.5. The molecular formula is C14H10Cl2N4O. The lowest BCUT2D eigenvalue weighted by Gasteiger charge is -2.24. The molecule has 7 heteroatoms. The van der Waals surface area contributed by atoms with Gasteiger partial charge in [0.1, 0.15) is 11.6 Å². The summed E-state index contributed by atoms with van der Waals surface area (Å²) in [5, 5.41) is 17.3. The Morgan fingerprint density at radius 2 is 2.19 bits per heavy atom. The second kappa shape index (κ2) is 4.99. The van der Waals surface area contributed by atoms with Crippen molar-refractivity contribution in [3.63, 3.8) is 0 Å². The standard InChI is InChI=1S/C14H10Cl2N4O/c1-6-11-12(8-3-2-7(15)4-10(8)16)9(5-17)13(18)21-14(11)20-19-6/h2-4,12H,18H2,1H3,(H,19,20). The number of nitrogens with zero attached hydrogens (tertiary/aromatic N) is 2. The zero-order valence-corrected chi connectivity index (χ0v) is 12.5. The normalized spacial score (nSPS) is 17.1. The molecule has 1 atom stereocenters. The molecule has 21 heavy (non-hydrogen) atoms. The van der Waals surface area contributed by atoms with E-state index >= 15 is 0 Å². The van der Waals surface area contributed by atoms with E-state index in [1.54, 1.807) is 18.2 Å².